The highest BCUT2D eigenvalue weighted by Crippen LogP contribution is 2.41. The average Bonchev–Trinajstić information content (AvgIpc) is 3.20. The molecule has 0 amide bonds. The molecular weight excluding hydrogens is 593 g/mol. The summed E-state index contributed by atoms with van der Waals surface area (Å²) in [5, 5.41) is 11.9. The van der Waals surface area contributed by atoms with E-state index in [-0.39, 0.29) is 12.0 Å². The lowest BCUT2D eigenvalue weighted by Gasteiger charge is -2.28. The molecule has 236 valence electrons. The van der Waals surface area contributed by atoms with Crippen molar-refractivity contribution in [3.8, 4) is 11.1 Å². The van der Waals surface area contributed by atoms with Crippen molar-refractivity contribution in [3.05, 3.63) is 228 Å². The largest absolute Gasteiger partial charge is 0.374 e. The Balaban J connectivity index is 0.00000186. The van der Waals surface area contributed by atoms with Gasteiger partial charge in [0.2, 0.25) is 0 Å². The minimum Gasteiger partial charge on any atom is -0.374 e. The van der Waals surface area contributed by atoms with Crippen molar-refractivity contribution >= 4 is 28.8 Å². The van der Waals surface area contributed by atoms with Gasteiger partial charge in [0, 0.05) is 11.6 Å². The van der Waals surface area contributed by atoms with Crippen LogP contribution >= 0.6 is 0 Å². The third-order valence-corrected chi connectivity index (χ3v) is 9.24. The first kappa shape index (κ1) is 31.4. The number of allylic oxidation sites excluding steroid dienone is 2. The average molecular weight is 631 g/mol. The standard InChI is InChI=1S/C46H35N.CH3N/c1-5-15-33(16-6-1)40-31-43(35-18-7-2-8-19-35)47-44(32-40)42-30-29-34-17-13-14-24-41(34)46(42)39-27-25-38(26-28-39)45(36-20-9-3-10-21-36)37-22-11-4-12-23-37;1-2/h1-32,44-45,47H;2H,1H2. The van der Waals surface area contributed by atoms with Gasteiger partial charge in [0.05, 0.1) is 6.04 Å². The molecule has 0 aromatic heterocycles. The summed E-state index contributed by atoms with van der Waals surface area (Å²) < 4.78 is 0. The van der Waals surface area contributed by atoms with Crippen LogP contribution in [0.15, 0.2) is 194 Å². The molecule has 7 aromatic carbocycles. The summed E-state index contributed by atoms with van der Waals surface area (Å²) in [6, 6.07) is 65.6. The van der Waals surface area contributed by atoms with E-state index in [0.29, 0.717) is 0 Å². The number of nitrogens with one attached hydrogen (secondary N) is 2. The van der Waals surface area contributed by atoms with Crippen molar-refractivity contribution in [2.75, 3.05) is 0 Å². The van der Waals surface area contributed by atoms with Crippen LogP contribution in [0.25, 0.3) is 33.2 Å². The van der Waals surface area contributed by atoms with E-state index in [1.54, 1.807) is 0 Å². The monoisotopic (exact) mass is 630 g/mol. The molecule has 2 N–H and O–H groups in total. The van der Waals surface area contributed by atoms with Crippen molar-refractivity contribution in [2.24, 2.45) is 0 Å². The zero-order valence-electron chi connectivity index (χ0n) is 27.3. The maximum atomic E-state index is 5.50. The first-order chi connectivity index (χ1) is 24.3. The third kappa shape index (κ3) is 6.63. The molecule has 2 heteroatoms. The molecule has 49 heavy (non-hydrogen) atoms. The van der Waals surface area contributed by atoms with Crippen LogP contribution in [0.4, 0.5) is 0 Å². The molecule has 0 saturated heterocycles. The minimum absolute atomic E-state index is 0.0221. The highest BCUT2D eigenvalue weighted by atomic mass is 14.9. The van der Waals surface area contributed by atoms with Crippen LogP contribution in [0.1, 0.15) is 45.3 Å². The van der Waals surface area contributed by atoms with Gasteiger partial charge in [-0.05, 0) is 79.7 Å². The molecular formula is C47H38N2. The zero-order chi connectivity index (χ0) is 33.4. The van der Waals surface area contributed by atoms with E-state index in [1.807, 2.05) is 0 Å². The summed E-state index contributed by atoms with van der Waals surface area (Å²) in [6.45, 7) is 2.50. The maximum Gasteiger partial charge on any atom is 0.0713 e. The van der Waals surface area contributed by atoms with Gasteiger partial charge in [-0.3, -0.25) is 0 Å². The van der Waals surface area contributed by atoms with Crippen LogP contribution < -0.4 is 5.32 Å². The van der Waals surface area contributed by atoms with Crippen molar-refractivity contribution in [1.29, 1.82) is 5.41 Å². The Morgan fingerprint density at radius 2 is 0.980 bits per heavy atom. The van der Waals surface area contributed by atoms with Gasteiger partial charge in [-0.2, -0.15) is 0 Å². The second-order valence-electron chi connectivity index (χ2n) is 12.2. The summed E-state index contributed by atoms with van der Waals surface area (Å²) in [5.41, 5.74) is 12.3. The Morgan fingerprint density at radius 3 is 1.59 bits per heavy atom. The first-order valence-electron chi connectivity index (χ1n) is 16.7. The molecule has 0 saturated carbocycles. The zero-order valence-corrected chi connectivity index (χ0v) is 27.3. The third-order valence-electron chi connectivity index (χ3n) is 9.24. The van der Waals surface area contributed by atoms with E-state index in [1.165, 1.54) is 60.9 Å². The second kappa shape index (κ2) is 14.7. The molecule has 0 fully saturated rings. The number of rotatable bonds is 7. The van der Waals surface area contributed by atoms with Gasteiger partial charge in [0.1, 0.15) is 0 Å². The highest BCUT2D eigenvalue weighted by molar-refractivity contribution is 5.99. The number of hydrogen-bond acceptors (Lipinski definition) is 2. The van der Waals surface area contributed by atoms with Crippen molar-refractivity contribution < 1.29 is 0 Å². The maximum absolute atomic E-state index is 5.50. The van der Waals surface area contributed by atoms with Crippen LogP contribution in [0.5, 0.6) is 0 Å². The van der Waals surface area contributed by atoms with E-state index in [4.69, 9.17) is 5.41 Å². The van der Waals surface area contributed by atoms with Crippen LogP contribution in [-0.2, 0) is 0 Å². The van der Waals surface area contributed by atoms with Crippen molar-refractivity contribution in [1.82, 2.24) is 5.32 Å². The van der Waals surface area contributed by atoms with Crippen LogP contribution in [-0.4, -0.2) is 6.72 Å². The first-order valence-corrected chi connectivity index (χ1v) is 16.7. The second-order valence-corrected chi connectivity index (χ2v) is 12.2. The number of fused-ring (bicyclic) bond motifs is 1. The number of benzene rings is 7. The fourth-order valence-electron chi connectivity index (χ4n) is 6.98. The Hall–Kier alpha value is -6.25. The molecule has 0 radical (unpaired) electrons. The van der Waals surface area contributed by atoms with Crippen molar-refractivity contribution in [3.63, 3.8) is 0 Å². The van der Waals surface area contributed by atoms with Crippen molar-refractivity contribution in [2.45, 2.75) is 12.0 Å². The molecule has 1 aliphatic rings. The highest BCUT2D eigenvalue weighted by Gasteiger charge is 2.23. The lowest BCUT2D eigenvalue weighted by Crippen LogP contribution is -2.22. The molecule has 2 nitrogen and oxygen atoms in total. The van der Waals surface area contributed by atoms with E-state index in [0.717, 1.165) is 5.70 Å². The SMILES string of the molecule is C1=C(c2ccccc2)C=C(c2ccccc2)NC1c1ccc2ccccc2c1-c1ccc(C(c2ccccc2)c2ccccc2)cc1.C=N. The lowest BCUT2D eigenvalue weighted by molar-refractivity contribution is 0.769. The fraction of sp³-hybridized carbons (Fsp3) is 0.0426. The summed E-state index contributed by atoms with van der Waals surface area (Å²) in [7, 11) is 0. The molecule has 0 aliphatic carbocycles. The van der Waals surface area contributed by atoms with Gasteiger partial charge in [-0.1, -0.05) is 182 Å². The molecule has 0 spiro atoms. The number of hydrogen-bond donors (Lipinski definition) is 2. The molecule has 0 bridgehead atoms. The van der Waals surface area contributed by atoms with Crippen LogP contribution in [0.2, 0.25) is 0 Å². The molecule has 8 rings (SSSR count). The predicted octanol–water partition coefficient (Wildman–Crippen LogP) is 11.7. The van der Waals surface area contributed by atoms with E-state index in [9.17, 15) is 0 Å². The van der Waals surface area contributed by atoms with E-state index in [2.05, 4.69) is 206 Å². The quantitative estimate of drug-likeness (QED) is 0.133. The normalized spacial score (nSPS) is 13.9. The molecule has 1 unspecified atom stereocenters. The molecule has 1 atom stereocenters. The van der Waals surface area contributed by atoms with Gasteiger partial charge in [-0.25, -0.2) is 0 Å². The van der Waals surface area contributed by atoms with Gasteiger partial charge in [-0.15, -0.1) is 0 Å². The van der Waals surface area contributed by atoms with Crippen LogP contribution in [0.3, 0.4) is 0 Å². The Kier molecular flexibility index (Phi) is 9.39. The molecule has 1 aliphatic heterocycles. The molecule has 1 heterocycles. The van der Waals surface area contributed by atoms with Gasteiger partial charge in [0.25, 0.3) is 0 Å². The van der Waals surface area contributed by atoms with Gasteiger partial charge >= 0.3 is 0 Å². The minimum atomic E-state index is -0.0221. The summed E-state index contributed by atoms with van der Waals surface area (Å²) >= 11 is 0. The predicted molar refractivity (Wildman–Crippen MR) is 208 cm³/mol. The Morgan fingerprint density at radius 1 is 0.469 bits per heavy atom. The van der Waals surface area contributed by atoms with E-state index < -0.39 is 0 Å². The Bertz CT molecular complexity index is 2160. The molecule has 7 aromatic rings. The Labute approximate surface area is 289 Å². The fourth-order valence-corrected chi connectivity index (χ4v) is 6.98. The van der Waals surface area contributed by atoms with Gasteiger partial charge < -0.3 is 10.7 Å². The van der Waals surface area contributed by atoms with Gasteiger partial charge in [0.15, 0.2) is 0 Å². The lowest BCUT2D eigenvalue weighted by atomic mass is 9.83. The number of dihydropyridines is 1. The summed E-state index contributed by atoms with van der Waals surface area (Å²) in [6.07, 6.45) is 4.66. The summed E-state index contributed by atoms with van der Waals surface area (Å²) in [5.74, 6) is 0.161. The topological polar surface area (TPSA) is 35.9 Å². The van der Waals surface area contributed by atoms with Crippen LogP contribution in [0, 0.1) is 5.41 Å². The summed E-state index contributed by atoms with van der Waals surface area (Å²) in [4.78, 5) is 0. The smallest absolute Gasteiger partial charge is 0.0713 e. The van der Waals surface area contributed by atoms with E-state index >= 15 is 0 Å².